The van der Waals surface area contributed by atoms with Crippen LogP contribution in [-0.4, -0.2) is 27.7 Å². The lowest BCUT2D eigenvalue weighted by molar-refractivity contribution is 0.249. The SMILES string of the molecule is CC(C)C(CO)Nc1nc(N)nc2ccccc12. The molecule has 0 aliphatic heterocycles. The standard InChI is InChI=1S/C13H18N4O/c1-8(2)11(7-18)15-12-9-5-3-4-6-10(9)16-13(14)17-12/h3-6,8,11,18H,7H2,1-2H3,(H3,14,15,16,17). The number of aliphatic hydroxyl groups excluding tert-OH is 1. The molecule has 1 unspecified atom stereocenters. The Labute approximate surface area is 106 Å². The molecule has 0 aliphatic rings. The zero-order valence-electron chi connectivity index (χ0n) is 10.6. The van der Waals surface area contributed by atoms with Crippen LogP contribution in [0, 0.1) is 5.92 Å². The average Bonchev–Trinajstić information content (AvgIpc) is 2.35. The second kappa shape index (κ2) is 5.18. The molecule has 0 amide bonds. The molecule has 1 atom stereocenters. The summed E-state index contributed by atoms with van der Waals surface area (Å²) in [6.45, 7) is 4.14. The van der Waals surface area contributed by atoms with E-state index in [2.05, 4.69) is 15.3 Å². The van der Waals surface area contributed by atoms with Gasteiger partial charge in [-0.25, -0.2) is 4.98 Å². The molecule has 0 aliphatic carbocycles. The Morgan fingerprint density at radius 2 is 2.00 bits per heavy atom. The highest BCUT2D eigenvalue weighted by Crippen LogP contribution is 2.22. The van der Waals surface area contributed by atoms with Crippen LogP contribution < -0.4 is 11.1 Å². The molecule has 0 radical (unpaired) electrons. The number of nitrogens with zero attached hydrogens (tertiary/aromatic N) is 2. The second-order valence-electron chi connectivity index (χ2n) is 4.62. The van der Waals surface area contributed by atoms with Gasteiger partial charge < -0.3 is 16.2 Å². The number of rotatable bonds is 4. The minimum absolute atomic E-state index is 0.0515. The first-order chi connectivity index (χ1) is 8.61. The van der Waals surface area contributed by atoms with Gasteiger partial charge in [0.05, 0.1) is 18.2 Å². The van der Waals surface area contributed by atoms with Gasteiger partial charge in [-0.05, 0) is 18.1 Å². The van der Waals surface area contributed by atoms with Crippen LogP contribution >= 0.6 is 0 Å². The minimum atomic E-state index is -0.0530. The predicted octanol–water partition coefficient (Wildman–Crippen LogP) is 1.64. The van der Waals surface area contributed by atoms with Crippen LogP contribution in [0.15, 0.2) is 24.3 Å². The van der Waals surface area contributed by atoms with Crippen molar-refractivity contribution in [1.29, 1.82) is 0 Å². The van der Waals surface area contributed by atoms with E-state index in [0.717, 1.165) is 10.9 Å². The average molecular weight is 246 g/mol. The van der Waals surface area contributed by atoms with Crippen molar-refractivity contribution >= 4 is 22.7 Å². The summed E-state index contributed by atoms with van der Waals surface area (Å²) in [6.07, 6.45) is 0. The summed E-state index contributed by atoms with van der Waals surface area (Å²) in [5.74, 6) is 1.20. The van der Waals surface area contributed by atoms with Gasteiger partial charge in [-0.3, -0.25) is 0 Å². The van der Waals surface area contributed by atoms with Crippen molar-refractivity contribution in [3.05, 3.63) is 24.3 Å². The fourth-order valence-corrected chi connectivity index (χ4v) is 1.80. The highest BCUT2D eigenvalue weighted by Gasteiger charge is 2.14. The molecule has 5 heteroatoms. The fourth-order valence-electron chi connectivity index (χ4n) is 1.80. The molecule has 4 N–H and O–H groups in total. The minimum Gasteiger partial charge on any atom is -0.394 e. The molecule has 18 heavy (non-hydrogen) atoms. The Hall–Kier alpha value is -1.88. The summed E-state index contributed by atoms with van der Waals surface area (Å²) in [4.78, 5) is 8.39. The summed E-state index contributed by atoms with van der Waals surface area (Å²) in [5.41, 5.74) is 6.49. The van der Waals surface area contributed by atoms with E-state index in [0.29, 0.717) is 11.7 Å². The number of aliphatic hydroxyl groups is 1. The monoisotopic (exact) mass is 246 g/mol. The molecule has 1 heterocycles. The first kappa shape index (κ1) is 12.6. The summed E-state index contributed by atoms with van der Waals surface area (Å²) >= 11 is 0. The Morgan fingerprint density at radius 1 is 1.28 bits per heavy atom. The summed E-state index contributed by atoms with van der Waals surface area (Å²) < 4.78 is 0. The van der Waals surface area contributed by atoms with Gasteiger partial charge in [0.1, 0.15) is 5.82 Å². The van der Waals surface area contributed by atoms with Crippen molar-refractivity contribution < 1.29 is 5.11 Å². The number of hydrogen-bond donors (Lipinski definition) is 3. The number of fused-ring (bicyclic) bond motifs is 1. The third-order valence-corrected chi connectivity index (χ3v) is 2.94. The Kier molecular flexibility index (Phi) is 3.62. The number of hydrogen-bond acceptors (Lipinski definition) is 5. The molecule has 1 aromatic heterocycles. The van der Waals surface area contributed by atoms with Gasteiger partial charge in [0.25, 0.3) is 0 Å². The van der Waals surface area contributed by atoms with Crippen LogP contribution in [0.3, 0.4) is 0 Å². The molecule has 0 bridgehead atoms. The van der Waals surface area contributed by atoms with Gasteiger partial charge in [-0.15, -0.1) is 0 Å². The molecule has 0 spiro atoms. The molecule has 0 saturated heterocycles. The lowest BCUT2D eigenvalue weighted by atomic mass is 10.1. The second-order valence-corrected chi connectivity index (χ2v) is 4.62. The largest absolute Gasteiger partial charge is 0.394 e. The third kappa shape index (κ3) is 2.51. The van der Waals surface area contributed by atoms with E-state index >= 15 is 0 Å². The summed E-state index contributed by atoms with van der Waals surface area (Å²) in [6, 6.07) is 7.61. The molecule has 0 fully saturated rings. The van der Waals surface area contributed by atoms with Gasteiger partial charge in [-0.1, -0.05) is 26.0 Å². The molecule has 2 aromatic rings. The number of para-hydroxylation sites is 1. The maximum absolute atomic E-state index is 9.36. The van der Waals surface area contributed by atoms with Crippen LogP contribution in [0.5, 0.6) is 0 Å². The lowest BCUT2D eigenvalue weighted by Gasteiger charge is -2.21. The first-order valence-electron chi connectivity index (χ1n) is 6.01. The third-order valence-electron chi connectivity index (χ3n) is 2.94. The highest BCUT2D eigenvalue weighted by molar-refractivity contribution is 5.89. The van der Waals surface area contributed by atoms with Crippen molar-refractivity contribution in [3.63, 3.8) is 0 Å². The van der Waals surface area contributed by atoms with Crippen molar-refractivity contribution in [2.45, 2.75) is 19.9 Å². The van der Waals surface area contributed by atoms with E-state index < -0.39 is 0 Å². The van der Waals surface area contributed by atoms with E-state index in [1.165, 1.54) is 0 Å². The summed E-state index contributed by atoms with van der Waals surface area (Å²) in [7, 11) is 0. The van der Waals surface area contributed by atoms with E-state index in [9.17, 15) is 5.11 Å². The zero-order chi connectivity index (χ0) is 13.1. The van der Waals surface area contributed by atoms with Crippen LogP contribution in [-0.2, 0) is 0 Å². The number of nitrogen functional groups attached to an aromatic ring is 1. The van der Waals surface area contributed by atoms with Crippen molar-refractivity contribution in [1.82, 2.24) is 9.97 Å². The van der Waals surface area contributed by atoms with Crippen molar-refractivity contribution in [2.24, 2.45) is 5.92 Å². The summed E-state index contributed by atoms with van der Waals surface area (Å²) in [5, 5.41) is 13.5. The van der Waals surface area contributed by atoms with Crippen molar-refractivity contribution in [2.75, 3.05) is 17.7 Å². The molecule has 5 nitrogen and oxygen atoms in total. The van der Waals surface area contributed by atoms with Gasteiger partial charge in [0.2, 0.25) is 5.95 Å². The molecule has 1 aromatic carbocycles. The van der Waals surface area contributed by atoms with Gasteiger partial charge in [0, 0.05) is 5.39 Å². The van der Waals surface area contributed by atoms with E-state index in [4.69, 9.17) is 5.73 Å². The van der Waals surface area contributed by atoms with E-state index in [1.54, 1.807) is 0 Å². The number of nitrogens with two attached hydrogens (primary N) is 1. The van der Waals surface area contributed by atoms with E-state index in [1.807, 2.05) is 38.1 Å². The maximum Gasteiger partial charge on any atom is 0.222 e. The number of anilines is 2. The highest BCUT2D eigenvalue weighted by atomic mass is 16.3. The molecule has 0 saturated carbocycles. The smallest absolute Gasteiger partial charge is 0.222 e. The van der Waals surface area contributed by atoms with Crippen LogP contribution in [0.2, 0.25) is 0 Å². The lowest BCUT2D eigenvalue weighted by Crippen LogP contribution is -2.30. The van der Waals surface area contributed by atoms with Crippen LogP contribution in [0.4, 0.5) is 11.8 Å². The van der Waals surface area contributed by atoms with Crippen molar-refractivity contribution in [3.8, 4) is 0 Å². The quantitative estimate of drug-likeness (QED) is 0.763. The number of benzene rings is 1. The van der Waals surface area contributed by atoms with Crippen LogP contribution in [0.1, 0.15) is 13.8 Å². The van der Waals surface area contributed by atoms with Gasteiger partial charge in [0.15, 0.2) is 0 Å². The number of nitrogens with one attached hydrogen (secondary N) is 1. The van der Waals surface area contributed by atoms with Crippen LogP contribution in [0.25, 0.3) is 10.9 Å². The number of aromatic nitrogens is 2. The Bertz CT molecular complexity index is 542. The molecule has 2 rings (SSSR count). The maximum atomic E-state index is 9.36. The Balaban J connectivity index is 2.43. The predicted molar refractivity (Wildman–Crippen MR) is 73.3 cm³/mol. The normalized spacial score (nSPS) is 12.9. The fraction of sp³-hybridized carbons (Fsp3) is 0.385. The van der Waals surface area contributed by atoms with Gasteiger partial charge >= 0.3 is 0 Å². The van der Waals surface area contributed by atoms with Gasteiger partial charge in [-0.2, -0.15) is 4.98 Å². The molecule has 96 valence electrons. The molecular formula is C13H18N4O. The Morgan fingerprint density at radius 3 is 2.67 bits per heavy atom. The molecular weight excluding hydrogens is 228 g/mol. The van der Waals surface area contributed by atoms with E-state index in [-0.39, 0.29) is 18.6 Å². The first-order valence-corrected chi connectivity index (χ1v) is 6.01. The topological polar surface area (TPSA) is 84.1 Å². The zero-order valence-corrected chi connectivity index (χ0v) is 10.6.